The Morgan fingerprint density at radius 1 is 1.27 bits per heavy atom. The molecule has 0 bridgehead atoms. The van der Waals surface area contributed by atoms with Crippen molar-refractivity contribution in [2.75, 3.05) is 26.7 Å². The summed E-state index contributed by atoms with van der Waals surface area (Å²) in [5.41, 5.74) is 0.523. The largest absolute Gasteiger partial charge is 0.316 e. The van der Waals surface area contributed by atoms with Gasteiger partial charge in [-0.3, -0.25) is 0 Å². The molecule has 88 valence electrons. The maximum atomic E-state index is 3.54. The van der Waals surface area contributed by atoms with Crippen molar-refractivity contribution in [1.29, 1.82) is 0 Å². The molecule has 1 heterocycles. The highest BCUT2D eigenvalue weighted by Gasteiger charge is 2.30. The molecule has 1 aliphatic carbocycles. The van der Waals surface area contributed by atoms with Gasteiger partial charge in [0.1, 0.15) is 0 Å². The maximum absolute atomic E-state index is 3.54. The molecule has 1 saturated carbocycles. The number of rotatable bonds is 3. The highest BCUT2D eigenvalue weighted by molar-refractivity contribution is 4.86. The highest BCUT2D eigenvalue weighted by atomic mass is 15.1. The molecule has 1 saturated heterocycles. The molecule has 1 aliphatic heterocycles. The Labute approximate surface area is 94.4 Å². The van der Waals surface area contributed by atoms with Gasteiger partial charge in [-0.05, 0) is 44.7 Å². The smallest absolute Gasteiger partial charge is 0.00924 e. The molecule has 0 spiro atoms. The molecule has 2 rings (SSSR count). The molecule has 2 fully saturated rings. The highest BCUT2D eigenvalue weighted by Crippen LogP contribution is 2.30. The predicted molar refractivity (Wildman–Crippen MR) is 65.1 cm³/mol. The Kier molecular flexibility index (Phi) is 3.68. The van der Waals surface area contributed by atoms with Crippen LogP contribution in [0.15, 0.2) is 0 Å². The average molecular weight is 210 g/mol. The number of hydrogen-bond acceptors (Lipinski definition) is 2. The summed E-state index contributed by atoms with van der Waals surface area (Å²) < 4.78 is 0. The van der Waals surface area contributed by atoms with Gasteiger partial charge in [-0.2, -0.15) is 0 Å². The summed E-state index contributed by atoms with van der Waals surface area (Å²) in [5.74, 6) is 0. The SMILES string of the molecule is CN(CC1(C)CCCNC1)C1CCCC1. The van der Waals surface area contributed by atoms with E-state index < -0.39 is 0 Å². The molecule has 2 heteroatoms. The summed E-state index contributed by atoms with van der Waals surface area (Å²) in [7, 11) is 2.33. The summed E-state index contributed by atoms with van der Waals surface area (Å²) in [4.78, 5) is 2.62. The van der Waals surface area contributed by atoms with E-state index in [4.69, 9.17) is 0 Å². The lowest BCUT2D eigenvalue weighted by molar-refractivity contribution is 0.122. The Bertz CT molecular complexity index is 191. The van der Waals surface area contributed by atoms with Crippen LogP contribution in [-0.4, -0.2) is 37.6 Å². The molecule has 0 aromatic carbocycles. The fraction of sp³-hybridized carbons (Fsp3) is 1.00. The lowest BCUT2D eigenvalue weighted by Crippen LogP contribution is -2.46. The first-order valence-electron chi connectivity index (χ1n) is 6.61. The molecule has 1 unspecified atom stereocenters. The molecule has 1 N–H and O–H groups in total. The number of hydrogen-bond donors (Lipinski definition) is 1. The Hall–Kier alpha value is -0.0800. The quantitative estimate of drug-likeness (QED) is 0.768. The number of nitrogens with one attached hydrogen (secondary N) is 1. The van der Waals surface area contributed by atoms with Gasteiger partial charge in [-0.15, -0.1) is 0 Å². The zero-order chi connectivity index (χ0) is 10.7. The number of nitrogens with zero attached hydrogens (tertiary/aromatic N) is 1. The van der Waals surface area contributed by atoms with Crippen LogP contribution in [0.5, 0.6) is 0 Å². The topological polar surface area (TPSA) is 15.3 Å². The minimum atomic E-state index is 0.523. The summed E-state index contributed by atoms with van der Waals surface area (Å²) in [6.45, 7) is 6.17. The monoisotopic (exact) mass is 210 g/mol. The van der Waals surface area contributed by atoms with E-state index in [0.29, 0.717) is 5.41 Å². The summed E-state index contributed by atoms with van der Waals surface area (Å²) in [5, 5.41) is 3.54. The van der Waals surface area contributed by atoms with Crippen molar-refractivity contribution in [1.82, 2.24) is 10.2 Å². The molecular weight excluding hydrogens is 184 g/mol. The summed E-state index contributed by atoms with van der Waals surface area (Å²) in [6.07, 6.45) is 8.51. The van der Waals surface area contributed by atoms with Gasteiger partial charge in [0.05, 0.1) is 0 Å². The van der Waals surface area contributed by atoms with Gasteiger partial charge in [-0.25, -0.2) is 0 Å². The van der Waals surface area contributed by atoms with E-state index in [9.17, 15) is 0 Å². The van der Waals surface area contributed by atoms with Crippen LogP contribution in [0.25, 0.3) is 0 Å². The van der Waals surface area contributed by atoms with Gasteiger partial charge in [0.15, 0.2) is 0 Å². The third-order valence-electron chi connectivity index (χ3n) is 4.26. The first-order valence-corrected chi connectivity index (χ1v) is 6.61. The van der Waals surface area contributed by atoms with Crippen LogP contribution in [0.3, 0.4) is 0 Å². The minimum Gasteiger partial charge on any atom is -0.316 e. The molecule has 1 atom stereocenters. The Balaban J connectivity index is 1.83. The van der Waals surface area contributed by atoms with Crippen molar-refractivity contribution in [3.8, 4) is 0 Å². The molecule has 2 aliphatic rings. The lowest BCUT2D eigenvalue weighted by Gasteiger charge is -2.39. The first-order chi connectivity index (χ1) is 7.20. The third kappa shape index (κ3) is 2.94. The van der Waals surface area contributed by atoms with Gasteiger partial charge < -0.3 is 10.2 Å². The lowest BCUT2D eigenvalue weighted by atomic mass is 9.82. The zero-order valence-corrected chi connectivity index (χ0v) is 10.4. The second kappa shape index (κ2) is 4.84. The van der Waals surface area contributed by atoms with Gasteiger partial charge in [0.2, 0.25) is 0 Å². The second-order valence-corrected chi connectivity index (χ2v) is 5.94. The average Bonchev–Trinajstić information content (AvgIpc) is 2.70. The molecule has 0 amide bonds. The van der Waals surface area contributed by atoms with Crippen LogP contribution in [0.1, 0.15) is 45.4 Å². The van der Waals surface area contributed by atoms with Crippen molar-refractivity contribution >= 4 is 0 Å². The summed E-state index contributed by atoms with van der Waals surface area (Å²) >= 11 is 0. The van der Waals surface area contributed by atoms with Crippen molar-refractivity contribution < 1.29 is 0 Å². The fourth-order valence-corrected chi connectivity index (χ4v) is 3.33. The van der Waals surface area contributed by atoms with Crippen LogP contribution in [-0.2, 0) is 0 Å². The molecule has 15 heavy (non-hydrogen) atoms. The molecule has 2 nitrogen and oxygen atoms in total. The van der Waals surface area contributed by atoms with Crippen LogP contribution < -0.4 is 5.32 Å². The minimum absolute atomic E-state index is 0.523. The van der Waals surface area contributed by atoms with E-state index in [1.165, 1.54) is 58.2 Å². The van der Waals surface area contributed by atoms with E-state index in [2.05, 4.69) is 24.2 Å². The zero-order valence-electron chi connectivity index (χ0n) is 10.4. The standard InChI is InChI=1S/C13H26N2/c1-13(8-5-9-14-10-13)11-15(2)12-6-3-4-7-12/h12,14H,3-11H2,1-2H3. The van der Waals surface area contributed by atoms with E-state index in [1.807, 2.05) is 0 Å². The molecule has 0 aromatic heterocycles. The van der Waals surface area contributed by atoms with Crippen LogP contribution in [0, 0.1) is 5.41 Å². The van der Waals surface area contributed by atoms with Crippen LogP contribution in [0.2, 0.25) is 0 Å². The van der Waals surface area contributed by atoms with Crippen molar-refractivity contribution in [3.63, 3.8) is 0 Å². The predicted octanol–water partition coefficient (Wildman–Crippen LogP) is 2.25. The van der Waals surface area contributed by atoms with E-state index in [0.717, 1.165) is 6.04 Å². The van der Waals surface area contributed by atoms with Crippen molar-refractivity contribution in [2.24, 2.45) is 5.41 Å². The van der Waals surface area contributed by atoms with E-state index in [1.54, 1.807) is 0 Å². The second-order valence-electron chi connectivity index (χ2n) is 5.94. The van der Waals surface area contributed by atoms with E-state index in [-0.39, 0.29) is 0 Å². The van der Waals surface area contributed by atoms with Gasteiger partial charge in [0, 0.05) is 19.1 Å². The molecule has 0 radical (unpaired) electrons. The summed E-state index contributed by atoms with van der Waals surface area (Å²) in [6, 6.07) is 0.878. The van der Waals surface area contributed by atoms with E-state index >= 15 is 0 Å². The third-order valence-corrected chi connectivity index (χ3v) is 4.26. The van der Waals surface area contributed by atoms with Gasteiger partial charge >= 0.3 is 0 Å². The van der Waals surface area contributed by atoms with Crippen molar-refractivity contribution in [3.05, 3.63) is 0 Å². The molecule has 0 aromatic rings. The Morgan fingerprint density at radius 3 is 2.60 bits per heavy atom. The van der Waals surface area contributed by atoms with Crippen LogP contribution in [0.4, 0.5) is 0 Å². The fourth-order valence-electron chi connectivity index (χ4n) is 3.33. The number of piperidine rings is 1. The van der Waals surface area contributed by atoms with Gasteiger partial charge in [0.25, 0.3) is 0 Å². The normalized spacial score (nSPS) is 33.8. The van der Waals surface area contributed by atoms with Crippen LogP contribution >= 0.6 is 0 Å². The molecular formula is C13H26N2. The maximum Gasteiger partial charge on any atom is 0.00924 e. The first kappa shape index (κ1) is 11.4. The van der Waals surface area contributed by atoms with Crippen molar-refractivity contribution in [2.45, 2.75) is 51.5 Å². The Morgan fingerprint density at radius 2 is 2.00 bits per heavy atom. The van der Waals surface area contributed by atoms with Gasteiger partial charge in [-0.1, -0.05) is 19.8 Å².